The van der Waals surface area contributed by atoms with E-state index in [4.69, 9.17) is 4.74 Å². The summed E-state index contributed by atoms with van der Waals surface area (Å²) in [5.41, 5.74) is 0.569. The van der Waals surface area contributed by atoms with E-state index in [1.807, 2.05) is 0 Å². The standard InChI is InChI=1S/C19H29N3O5S/c1-2-27-18-16(14-6-8-20-9-7-14)12-15(13-17(18)19(23)24)28(25,26)21-22-10-4-3-5-11-22/h12-14,20-21H,2-11H2,1H3,(H,23,24). The molecule has 0 bridgehead atoms. The molecule has 2 fully saturated rings. The van der Waals surface area contributed by atoms with Crippen molar-refractivity contribution >= 4 is 16.0 Å². The Balaban J connectivity index is 2.02. The number of hydrogen-bond donors (Lipinski definition) is 3. The van der Waals surface area contributed by atoms with Crippen molar-refractivity contribution in [1.82, 2.24) is 15.2 Å². The minimum Gasteiger partial charge on any atom is -0.493 e. The predicted octanol–water partition coefficient (Wildman–Crippen LogP) is 1.93. The molecule has 2 heterocycles. The van der Waals surface area contributed by atoms with Crippen LogP contribution in [0.2, 0.25) is 0 Å². The summed E-state index contributed by atoms with van der Waals surface area (Å²) < 4.78 is 31.6. The third-order valence-corrected chi connectivity index (χ3v) is 6.66. The average Bonchev–Trinajstić information content (AvgIpc) is 2.69. The first-order chi connectivity index (χ1) is 13.4. The molecule has 0 radical (unpaired) electrons. The van der Waals surface area contributed by atoms with E-state index < -0.39 is 16.0 Å². The second-order valence-electron chi connectivity index (χ2n) is 7.29. The van der Waals surface area contributed by atoms with E-state index in [9.17, 15) is 18.3 Å². The van der Waals surface area contributed by atoms with E-state index in [1.54, 1.807) is 18.0 Å². The van der Waals surface area contributed by atoms with Crippen LogP contribution in [0.5, 0.6) is 5.75 Å². The Kier molecular flexibility index (Phi) is 6.92. The van der Waals surface area contributed by atoms with E-state index in [1.165, 1.54) is 6.07 Å². The van der Waals surface area contributed by atoms with Crippen LogP contribution in [0.25, 0.3) is 0 Å². The summed E-state index contributed by atoms with van der Waals surface area (Å²) in [6, 6.07) is 2.81. The summed E-state index contributed by atoms with van der Waals surface area (Å²) in [4.78, 5) is 14.5. The van der Waals surface area contributed by atoms with Gasteiger partial charge >= 0.3 is 5.97 Å². The molecule has 9 heteroatoms. The zero-order valence-electron chi connectivity index (χ0n) is 16.2. The van der Waals surface area contributed by atoms with Gasteiger partial charge in [0.15, 0.2) is 0 Å². The van der Waals surface area contributed by atoms with E-state index in [0.29, 0.717) is 31.0 Å². The first-order valence-corrected chi connectivity index (χ1v) is 11.4. The number of carbonyl (C=O) groups is 1. The van der Waals surface area contributed by atoms with Gasteiger partial charge in [-0.3, -0.25) is 0 Å². The topological polar surface area (TPSA) is 108 Å². The van der Waals surface area contributed by atoms with Crippen LogP contribution in [-0.2, 0) is 10.0 Å². The SMILES string of the molecule is CCOc1c(C(=O)O)cc(S(=O)(=O)NN2CCCCC2)cc1C1CCNCC1. The van der Waals surface area contributed by atoms with E-state index in [-0.39, 0.29) is 16.4 Å². The monoisotopic (exact) mass is 411 g/mol. The van der Waals surface area contributed by atoms with Gasteiger partial charge in [0.05, 0.1) is 11.5 Å². The maximum absolute atomic E-state index is 13.0. The second-order valence-corrected chi connectivity index (χ2v) is 8.95. The number of carboxylic acids is 1. The van der Waals surface area contributed by atoms with Gasteiger partial charge < -0.3 is 15.2 Å². The maximum atomic E-state index is 13.0. The number of aromatic carboxylic acids is 1. The molecule has 0 atom stereocenters. The van der Waals surface area contributed by atoms with E-state index >= 15 is 0 Å². The number of ether oxygens (including phenoxy) is 1. The molecule has 156 valence electrons. The normalized spacial score (nSPS) is 19.5. The fourth-order valence-corrected chi connectivity index (χ4v) is 5.07. The molecule has 3 N–H and O–H groups in total. The van der Waals surface area contributed by atoms with Crippen molar-refractivity contribution in [1.29, 1.82) is 0 Å². The van der Waals surface area contributed by atoms with Crippen LogP contribution in [0.4, 0.5) is 0 Å². The van der Waals surface area contributed by atoms with Crippen LogP contribution in [0, 0.1) is 0 Å². The van der Waals surface area contributed by atoms with Crippen LogP contribution in [0.1, 0.15) is 60.9 Å². The fourth-order valence-electron chi connectivity index (χ4n) is 3.89. The lowest BCUT2D eigenvalue weighted by molar-refractivity contribution is 0.0692. The molecule has 8 nitrogen and oxygen atoms in total. The Morgan fingerprint density at radius 2 is 1.93 bits per heavy atom. The Hall–Kier alpha value is -1.68. The molecule has 2 saturated heterocycles. The smallest absolute Gasteiger partial charge is 0.339 e. The number of piperidine rings is 2. The maximum Gasteiger partial charge on any atom is 0.339 e. The molecule has 3 rings (SSSR count). The number of sulfonamides is 1. The Labute approximate surface area is 166 Å². The summed E-state index contributed by atoms with van der Waals surface area (Å²) >= 11 is 0. The van der Waals surface area contributed by atoms with Gasteiger partial charge in [-0.1, -0.05) is 6.42 Å². The molecule has 0 saturated carbocycles. The molecular formula is C19H29N3O5S. The number of nitrogens with zero attached hydrogens (tertiary/aromatic N) is 1. The van der Waals surface area contributed by atoms with Crippen molar-refractivity contribution in [2.75, 3.05) is 32.8 Å². The number of nitrogens with one attached hydrogen (secondary N) is 2. The summed E-state index contributed by atoms with van der Waals surface area (Å²) in [6.45, 7) is 5.03. The molecule has 0 unspecified atom stereocenters. The van der Waals surface area contributed by atoms with Gasteiger partial charge in [0.25, 0.3) is 10.0 Å². The first-order valence-electron chi connectivity index (χ1n) is 9.94. The zero-order valence-corrected chi connectivity index (χ0v) is 17.1. The van der Waals surface area contributed by atoms with Crippen molar-refractivity contribution in [3.05, 3.63) is 23.3 Å². The highest BCUT2D eigenvalue weighted by atomic mass is 32.2. The predicted molar refractivity (Wildman–Crippen MR) is 105 cm³/mol. The molecule has 0 amide bonds. The summed E-state index contributed by atoms with van der Waals surface area (Å²) in [7, 11) is -3.87. The van der Waals surface area contributed by atoms with Gasteiger partial charge in [-0.05, 0) is 69.3 Å². The van der Waals surface area contributed by atoms with Gasteiger partial charge in [0.1, 0.15) is 11.3 Å². The molecule has 2 aliphatic rings. The van der Waals surface area contributed by atoms with Crippen molar-refractivity contribution in [3.63, 3.8) is 0 Å². The molecular weight excluding hydrogens is 382 g/mol. The molecule has 2 aliphatic heterocycles. The number of rotatable bonds is 7. The summed E-state index contributed by atoms with van der Waals surface area (Å²) in [5.74, 6) is -0.835. The fraction of sp³-hybridized carbons (Fsp3) is 0.632. The average molecular weight is 412 g/mol. The van der Waals surface area contributed by atoms with Crippen LogP contribution >= 0.6 is 0 Å². The van der Waals surface area contributed by atoms with Crippen LogP contribution in [-0.4, -0.2) is 57.3 Å². The first kappa shape index (κ1) is 21.0. The van der Waals surface area contributed by atoms with Crippen molar-refractivity contribution in [2.45, 2.75) is 49.8 Å². The lowest BCUT2D eigenvalue weighted by atomic mass is 9.88. The van der Waals surface area contributed by atoms with Gasteiger partial charge in [-0.25, -0.2) is 18.2 Å². The van der Waals surface area contributed by atoms with Crippen LogP contribution < -0.4 is 14.9 Å². The molecule has 0 aromatic heterocycles. The Bertz CT molecular complexity index is 800. The molecule has 1 aromatic carbocycles. The molecule has 28 heavy (non-hydrogen) atoms. The number of carboxylic acid groups (broad SMARTS) is 1. The largest absolute Gasteiger partial charge is 0.493 e. The van der Waals surface area contributed by atoms with Crippen molar-refractivity contribution in [2.24, 2.45) is 0 Å². The van der Waals surface area contributed by atoms with Crippen molar-refractivity contribution < 1.29 is 23.1 Å². The second kappa shape index (κ2) is 9.21. The summed E-state index contributed by atoms with van der Waals surface area (Å²) in [6.07, 6.45) is 4.58. The van der Waals surface area contributed by atoms with E-state index in [0.717, 1.165) is 45.2 Å². The van der Waals surface area contributed by atoms with Crippen LogP contribution in [0.15, 0.2) is 17.0 Å². The Morgan fingerprint density at radius 1 is 1.25 bits per heavy atom. The van der Waals surface area contributed by atoms with Gasteiger partial charge in [-0.2, -0.15) is 0 Å². The summed E-state index contributed by atoms with van der Waals surface area (Å²) in [5, 5.41) is 14.7. The van der Waals surface area contributed by atoms with Crippen LogP contribution in [0.3, 0.4) is 0 Å². The third kappa shape index (κ3) is 4.83. The molecule has 1 aromatic rings. The highest BCUT2D eigenvalue weighted by molar-refractivity contribution is 7.89. The third-order valence-electron chi connectivity index (χ3n) is 5.30. The highest BCUT2D eigenvalue weighted by Crippen LogP contribution is 2.37. The van der Waals surface area contributed by atoms with E-state index in [2.05, 4.69) is 10.1 Å². The zero-order chi connectivity index (χ0) is 20.1. The molecule has 0 spiro atoms. The Morgan fingerprint density at radius 3 is 2.54 bits per heavy atom. The van der Waals surface area contributed by atoms with Gasteiger partial charge in [-0.15, -0.1) is 4.83 Å². The minimum absolute atomic E-state index is 0.0209. The number of hydrazine groups is 1. The lowest BCUT2D eigenvalue weighted by Crippen LogP contribution is -2.45. The lowest BCUT2D eigenvalue weighted by Gasteiger charge is -2.28. The van der Waals surface area contributed by atoms with Crippen molar-refractivity contribution in [3.8, 4) is 5.75 Å². The number of benzene rings is 1. The minimum atomic E-state index is -3.87. The number of hydrogen-bond acceptors (Lipinski definition) is 6. The quantitative estimate of drug-likeness (QED) is 0.629. The van der Waals surface area contributed by atoms with Gasteiger partial charge in [0.2, 0.25) is 0 Å². The highest BCUT2D eigenvalue weighted by Gasteiger charge is 2.29. The van der Waals surface area contributed by atoms with Gasteiger partial charge in [0, 0.05) is 13.1 Å². The molecule has 0 aliphatic carbocycles.